The maximum absolute atomic E-state index is 17.6. The van der Waals surface area contributed by atoms with Crippen LogP contribution in [0, 0.1) is 35.7 Å². The molecule has 7 aliphatic rings. The summed E-state index contributed by atoms with van der Waals surface area (Å²) < 4.78 is 88.9. The number of aromatic nitrogens is 4. The average Bonchev–Trinajstić information content (AvgIpc) is 1.63. The largest absolute Gasteiger partial charge is 0.461 e. The summed E-state index contributed by atoms with van der Waals surface area (Å²) in [5.41, 5.74) is 5.91. The van der Waals surface area contributed by atoms with Crippen molar-refractivity contribution in [1.29, 1.82) is 5.26 Å². The fourth-order valence-electron chi connectivity index (χ4n) is 15.6. The number of alkyl halides is 1. The third kappa shape index (κ3) is 10.2. The van der Waals surface area contributed by atoms with E-state index in [4.69, 9.17) is 46.3 Å². The predicted molar refractivity (Wildman–Crippen MR) is 341 cm³/mol. The third-order valence-corrected chi connectivity index (χ3v) is 21.6. The first-order chi connectivity index (χ1) is 45.6. The molecule has 4 aromatic heterocycles. The highest BCUT2D eigenvalue weighted by Gasteiger charge is 2.53. The number of esters is 2. The first kappa shape index (κ1) is 63.4. The number of nitrogens with one attached hydrogen (secondary N) is 1. The molecule has 0 radical (unpaired) electrons. The lowest BCUT2D eigenvalue weighted by Gasteiger charge is -2.41. The summed E-state index contributed by atoms with van der Waals surface area (Å²) in [7, 11) is 0. The van der Waals surface area contributed by atoms with Crippen LogP contribution in [0.15, 0.2) is 46.8 Å². The van der Waals surface area contributed by atoms with E-state index in [0.717, 1.165) is 28.7 Å². The molecule has 494 valence electrons. The maximum atomic E-state index is 17.6. The molecule has 10 heterocycles. The zero-order valence-electron chi connectivity index (χ0n) is 52.1. The number of carbonyl (C=O) groups is 5. The van der Waals surface area contributed by atoms with Crippen molar-refractivity contribution in [3.63, 3.8) is 0 Å². The smallest absolute Gasteiger partial charge is 0.410 e. The van der Waals surface area contributed by atoms with Crippen LogP contribution in [-0.4, -0.2) is 152 Å². The second-order valence-corrected chi connectivity index (χ2v) is 26.9. The van der Waals surface area contributed by atoms with E-state index in [1.165, 1.54) is 28.8 Å². The second-order valence-electron chi connectivity index (χ2n) is 25.4. The molecule has 4 N–H and O–H groups in total. The molecule has 0 bridgehead atoms. The van der Waals surface area contributed by atoms with Gasteiger partial charge in [0.15, 0.2) is 5.82 Å². The normalized spacial score (nSPS) is 23.0. The summed E-state index contributed by atoms with van der Waals surface area (Å²) in [4.78, 5) is 106. The lowest BCUT2D eigenvalue weighted by molar-refractivity contribution is -0.191. The van der Waals surface area contributed by atoms with E-state index in [-0.39, 0.29) is 153 Å². The zero-order chi connectivity index (χ0) is 66.8. The number of halogens is 5. The molecule has 6 aliphatic heterocycles. The van der Waals surface area contributed by atoms with Gasteiger partial charge in [-0.1, -0.05) is 30.7 Å². The van der Waals surface area contributed by atoms with Crippen LogP contribution in [0.1, 0.15) is 111 Å². The van der Waals surface area contributed by atoms with Crippen molar-refractivity contribution >= 4 is 95.5 Å². The first-order valence-electron chi connectivity index (χ1n) is 31.6. The van der Waals surface area contributed by atoms with Gasteiger partial charge in [-0.05, 0) is 113 Å². The fraction of sp³-hybridized carbons (Fsp3) is 0.433. The summed E-state index contributed by atoms with van der Waals surface area (Å²) in [6.45, 7) is 6.32. The minimum absolute atomic E-state index is 0.00398. The van der Waals surface area contributed by atoms with Crippen LogP contribution in [0.4, 0.5) is 33.2 Å². The predicted octanol–water partition coefficient (Wildman–Crippen LogP) is 8.62. The molecule has 1 aliphatic carbocycles. The molecule has 14 rings (SSSR count). The number of allylic oxidation sites excluding steroid dienone is 1. The van der Waals surface area contributed by atoms with Crippen LogP contribution >= 0.6 is 22.9 Å². The number of pyridine rings is 2. The Morgan fingerprint density at radius 3 is 2.58 bits per heavy atom. The van der Waals surface area contributed by atoms with Crippen molar-refractivity contribution in [2.45, 2.75) is 128 Å². The Kier molecular flexibility index (Phi) is 16.1. The van der Waals surface area contributed by atoms with Gasteiger partial charge in [0, 0.05) is 84.1 Å². The number of carbonyl (C=O) groups excluding carboxylic acids is 5. The van der Waals surface area contributed by atoms with E-state index >= 15 is 13.2 Å². The number of hydrogen-bond donors (Lipinski definition) is 3. The number of thiophene rings is 1. The van der Waals surface area contributed by atoms with E-state index in [1.54, 1.807) is 31.7 Å². The Balaban J connectivity index is 0.692. The van der Waals surface area contributed by atoms with Gasteiger partial charge in [-0.15, -0.1) is 11.3 Å². The summed E-state index contributed by atoms with van der Waals surface area (Å²) in [5.74, 6) is -4.85. The maximum Gasteiger partial charge on any atom is 0.410 e. The van der Waals surface area contributed by atoms with E-state index in [1.807, 2.05) is 17.9 Å². The molecule has 22 nitrogen and oxygen atoms in total. The number of anilines is 2. The van der Waals surface area contributed by atoms with Gasteiger partial charge in [0.2, 0.25) is 11.5 Å². The number of aliphatic hydroxyl groups is 1. The van der Waals surface area contributed by atoms with Crippen molar-refractivity contribution in [2.24, 2.45) is 0 Å². The molecule has 4 saturated heterocycles. The minimum atomic E-state index is -2.18. The van der Waals surface area contributed by atoms with E-state index < -0.39 is 108 Å². The lowest BCUT2D eigenvalue weighted by atomic mass is 9.81. The number of fused-ring (bicyclic) bond motifs is 8. The van der Waals surface area contributed by atoms with Crippen LogP contribution in [-0.2, 0) is 58.6 Å². The number of piperazine rings is 1. The molecule has 6 atom stereocenters. The summed E-state index contributed by atoms with van der Waals surface area (Å²) in [6, 6.07) is 6.23. The number of nitriles is 1. The van der Waals surface area contributed by atoms with Crippen molar-refractivity contribution < 1.29 is 65.6 Å². The van der Waals surface area contributed by atoms with E-state index in [9.17, 15) is 43.5 Å². The number of hydrogen-bond acceptors (Lipinski definition) is 19. The summed E-state index contributed by atoms with van der Waals surface area (Å²) in [6.07, 6.45) is 2.30. The molecule has 3 amide bonds. The van der Waals surface area contributed by atoms with Gasteiger partial charge in [-0.3, -0.25) is 24.2 Å². The molecular weight excluding hydrogens is 1280 g/mol. The van der Waals surface area contributed by atoms with Gasteiger partial charge in [-0.25, -0.2) is 36.9 Å². The van der Waals surface area contributed by atoms with Gasteiger partial charge in [0.05, 0.1) is 61.5 Å². The van der Waals surface area contributed by atoms with Gasteiger partial charge in [0.1, 0.15) is 72.7 Å². The second kappa shape index (κ2) is 24.0. The standard InChI is InChI=1S/C67H64ClF4N11O11S/c1-5-33(60(86)79-17-18-81(31(3)24-79)59-37-19-42(68)51(36-10-12-43(70)57-50(36)38(23-73)58(74)95-57)54(72)56(37)77-64(78-59)93-30-66-14-8-15-80(66)25-34(69)22-66)28-92-65(90)82-16-7-9-47(82)62(88)94-67(6-2)41-20-48-55-39(26-83(48)61(87)40(41)29-91-63(67)89)53-45(75-49(85)27-84)13-11-35-32(4)44(71)21-46(76-55)52(35)53/h5,10,12,19-21,31,34,45,47,84H,6-9,11,13-18,22,24-30,74H2,1-4H3,(H,75,85)/b33-5+/t31-,34+,45-,47-,66-,67-/m0/s1. The number of nitrogens with two attached hydrogens (primary N) is 1. The quantitative estimate of drug-likeness (QED) is 0.0421. The molecule has 28 heteroatoms. The number of amides is 3. The molecule has 7 aromatic rings. The molecule has 3 aromatic carbocycles. The van der Waals surface area contributed by atoms with Gasteiger partial charge >= 0.3 is 24.0 Å². The topological polar surface area (TPSA) is 278 Å². The third-order valence-electron chi connectivity index (χ3n) is 20.3. The highest BCUT2D eigenvalue weighted by molar-refractivity contribution is 7.23. The number of cyclic esters (lactones) is 1. The fourth-order valence-corrected chi connectivity index (χ4v) is 16.8. The van der Waals surface area contributed by atoms with Crippen molar-refractivity contribution in [3.05, 3.63) is 114 Å². The van der Waals surface area contributed by atoms with Crippen LogP contribution in [0.5, 0.6) is 6.01 Å². The molecule has 0 unspecified atom stereocenters. The number of likely N-dealkylation sites (tertiary alicyclic amines) is 1. The number of benzene rings is 3. The highest BCUT2D eigenvalue weighted by Crippen LogP contribution is 2.50. The molecule has 0 saturated carbocycles. The zero-order valence-corrected chi connectivity index (χ0v) is 53.7. The van der Waals surface area contributed by atoms with Crippen LogP contribution in [0.2, 0.25) is 5.02 Å². The summed E-state index contributed by atoms with van der Waals surface area (Å²) in [5, 5.41) is 23.5. The molecular formula is C67H64ClF4N11O11S. The Labute approximate surface area is 549 Å². The Morgan fingerprint density at radius 2 is 1.82 bits per heavy atom. The van der Waals surface area contributed by atoms with Gasteiger partial charge in [0.25, 0.3) is 11.5 Å². The number of aryl methyl sites for hydroxylation is 1. The molecule has 0 spiro atoms. The first-order valence-corrected chi connectivity index (χ1v) is 32.8. The molecule has 4 fully saturated rings. The molecule has 95 heavy (non-hydrogen) atoms. The summed E-state index contributed by atoms with van der Waals surface area (Å²) >= 11 is 7.87. The lowest BCUT2D eigenvalue weighted by Crippen LogP contribution is -2.54. The van der Waals surface area contributed by atoms with E-state index in [2.05, 4.69) is 15.2 Å². The SMILES string of the molecule is C/C=C(\COC(=O)N1CCC[C@H]1C(=O)O[C@]1(CC)C(=O)OCc2c1cc1n(c2=O)Cc2c-1nc1cc(F)c(C)c3c1c2[C@@H](NC(=O)CO)CC3)C(=O)N1CCN(c2nc(OC[C@@]34CCCN3C[C@H](F)C4)nc3c(F)c(-c4ccc(F)c5sc(N)c(C#N)c45)c(Cl)cc23)[C@@H](C)C1. The monoisotopic (exact) mass is 1340 g/mol. The van der Waals surface area contributed by atoms with Crippen molar-refractivity contribution in [2.75, 3.05) is 69.7 Å². The minimum Gasteiger partial charge on any atom is -0.461 e. The average molecular weight is 1340 g/mol. The van der Waals surface area contributed by atoms with Crippen LogP contribution < -0.4 is 26.2 Å². The van der Waals surface area contributed by atoms with Crippen LogP contribution in [0.3, 0.4) is 0 Å². The van der Waals surface area contributed by atoms with Gasteiger partial charge < -0.3 is 49.5 Å². The number of nitrogen functional groups attached to an aromatic ring is 1. The van der Waals surface area contributed by atoms with Crippen molar-refractivity contribution in [3.8, 4) is 34.6 Å². The number of aliphatic hydroxyl groups excluding tert-OH is 1. The number of ether oxygens (including phenoxy) is 4. The van der Waals surface area contributed by atoms with Gasteiger partial charge in [-0.2, -0.15) is 15.2 Å². The number of nitrogens with zero attached hydrogens (tertiary/aromatic N) is 9. The van der Waals surface area contributed by atoms with Crippen LogP contribution in [0.25, 0.3) is 54.4 Å². The number of rotatable bonds is 13. The Morgan fingerprint density at radius 1 is 1.01 bits per heavy atom. The Bertz CT molecular complexity index is 4660. The highest BCUT2D eigenvalue weighted by atomic mass is 35.5. The Hall–Kier alpha value is -8.97. The van der Waals surface area contributed by atoms with Crippen molar-refractivity contribution in [1.82, 2.24) is 39.5 Å². The van der Waals surface area contributed by atoms with E-state index in [0.29, 0.717) is 65.6 Å².